The Hall–Kier alpha value is -2.44. The SMILES string of the molecule is COc1ccc(-c2ccc(Cl)c3[nH]c4c(c23)CNC(CCC[S+]([O-])c2ccccc2)C4)cc1. The number of aromatic nitrogens is 1. The zero-order valence-corrected chi connectivity index (χ0v) is 20.1. The quantitative estimate of drug-likeness (QED) is 0.315. The van der Waals surface area contributed by atoms with Gasteiger partial charge in [-0.25, -0.2) is 0 Å². The van der Waals surface area contributed by atoms with E-state index in [9.17, 15) is 4.55 Å². The standard InChI is InChI=1S/C27H27ClN2O2S/c1-32-20-11-9-18(10-12-20)22-13-14-24(28)27-26(22)23-17-29-19(16-25(23)30-27)6-5-15-33(31)21-7-3-2-4-8-21/h2-4,7-14,19,29-30H,5-6,15-17H2,1H3. The summed E-state index contributed by atoms with van der Waals surface area (Å²) in [6, 6.07) is 22.3. The molecule has 0 saturated carbocycles. The van der Waals surface area contributed by atoms with E-state index >= 15 is 0 Å². The van der Waals surface area contributed by atoms with E-state index in [1.165, 1.54) is 22.2 Å². The molecule has 4 aromatic rings. The molecule has 2 unspecified atom stereocenters. The lowest BCUT2D eigenvalue weighted by atomic mass is 9.94. The summed E-state index contributed by atoms with van der Waals surface area (Å²) < 4.78 is 17.8. The summed E-state index contributed by atoms with van der Waals surface area (Å²) in [5.74, 6) is 1.53. The molecule has 1 aliphatic heterocycles. The second-order valence-electron chi connectivity index (χ2n) is 8.44. The van der Waals surface area contributed by atoms with Crippen LogP contribution in [0.3, 0.4) is 0 Å². The molecule has 4 nitrogen and oxygen atoms in total. The van der Waals surface area contributed by atoms with Crippen molar-refractivity contribution in [2.45, 2.75) is 36.7 Å². The van der Waals surface area contributed by atoms with Crippen molar-refractivity contribution in [3.63, 3.8) is 0 Å². The Morgan fingerprint density at radius 1 is 1.06 bits per heavy atom. The number of benzene rings is 3. The van der Waals surface area contributed by atoms with E-state index in [1.54, 1.807) is 7.11 Å². The monoisotopic (exact) mass is 478 g/mol. The largest absolute Gasteiger partial charge is 0.611 e. The van der Waals surface area contributed by atoms with E-state index in [4.69, 9.17) is 16.3 Å². The molecule has 0 radical (unpaired) electrons. The van der Waals surface area contributed by atoms with Gasteiger partial charge >= 0.3 is 0 Å². The van der Waals surface area contributed by atoms with E-state index in [1.807, 2.05) is 48.5 Å². The van der Waals surface area contributed by atoms with Crippen molar-refractivity contribution >= 4 is 33.7 Å². The first-order chi connectivity index (χ1) is 16.1. The molecule has 5 rings (SSSR count). The van der Waals surface area contributed by atoms with Crippen molar-refractivity contribution < 1.29 is 9.29 Å². The van der Waals surface area contributed by atoms with Crippen LogP contribution in [0.5, 0.6) is 5.75 Å². The first-order valence-corrected chi connectivity index (χ1v) is 13.0. The smallest absolute Gasteiger partial charge is 0.152 e. The molecule has 33 heavy (non-hydrogen) atoms. The summed E-state index contributed by atoms with van der Waals surface area (Å²) >= 11 is 5.65. The summed E-state index contributed by atoms with van der Waals surface area (Å²) in [4.78, 5) is 4.53. The number of aromatic amines is 1. The van der Waals surface area contributed by atoms with Gasteiger partial charge in [0, 0.05) is 30.1 Å². The molecule has 0 saturated heterocycles. The molecule has 1 aliphatic rings. The van der Waals surface area contributed by atoms with Crippen LogP contribution in [0.1, 0.15) is 24.1 Å². The van der Waals surface area contributed by atoms with Gasteiger partial charge in [-0.15, -0.1) is 0 Å². The highest BCUT2D eigenvalue weighted by atomic mass is 35.5. The van der Waals surface area contributed by atoms with Crippen molar-refractivity contribution in [3.05, 3.63) is 83.0 Å². The van der Waals surface area contributed by atoms with Crippen molar-refractivity contribution in [2.24, 2.45) is 0 Å². The van der Waals surface area contributed by atoms with Gasteiger partial charge in [-0.3, -0.25) is 0 Å². The van der Waals surface area contributed by atoms with Crippen LogP contribution in [-0.2, 0) is 24.1 Å². The molecular formula is C27H27ClN2O2S. The molecule has 0 fully saturated rings. The molecule has 2 heterocycles. The minimum absolute atomic E-state index is 0.363. The van der Waals surface area contributed by atoms with Gasteiger partial charge in [0.25, 0.3) is 0 Å². The van der Waals surface area contributed by atoms with Crippen LogP contribution in [0.4, 0.5) is 0 Å². The normalized spacial score (nSPS) is 16.5. The highest BCUT2D eigenvalue weighted by Gasteiger charge is 2.25. The lowest BCUT2D eigenvalue weighted by molar-refractivity contribution is 0.415. The van der Waals surface area contributed by atoms with Gasteiger partial charge < -0.3 is 19.6 Å². The fourth-order valence-corrected chi connectivity index (χ4v) is 6.02. The van der Waals surface area contributed by atoms with E-state index < -0.39 is 11.2 Å². The van der Waals surface area contributed by atoms with Gasteiger partial charge in [0.2, 0.25) is 0 Å². The second-order valence-corrected chi connectivity index (χ2v) is 10.4. The third kappa shape index (κ3) is 4.64. The summed E-state index contributed by atoms with van der Waals surface area (Å²) in [7, 11) is 1.68. The van der Waals surface area contributed by atoms with Crippen molar-refractivity contribution in [3.8, 4) is 16.9 Å². The Morgan fingerprint density at radius 2 is 1.85 bits per heavy atom. The number of H-pyrrole nitrogens is 1. The Balaban J connectivity index is 1.33. The van der Waals surface area contributed by atoms with E-state index in [2.05, 4.69) is 28.5 Å². The van der Waals surface area contributed by atoms with Crippen LogP contribution in [0, 0.1) is 0 Å². The highest BCUT2D eigenvalue weighted by molar-refractivity contribution is 7.91. The number of halogens is 1. The maximum absolute atomic E-state index is 12.5. The van der Waals surface area contributed by atoms with Gasteiger partial charge in [-0.05, 0) is 71.0 Å². The molecule has 0 amide bonds. The Labute approximate surface area is 202 Å². The van der Waals surface area contributed by atoms with Crippen molar-refractivity contribution in [1.82, 2.24) is 10.3 Å². The molecule has 1 aromatic heterocycles. The minimum Gasteiger partial charge on any atom is -0.611 e. The lowest BCUT2D eigenvalue weighted by Gasteiger charge is -2.24. The van der Waals surface area contributed by atoms with Crippen LogP contribution < -0.4 is 10.1 Å². The molecule has 6 heteroatoms. The highest BCUT2D eigenvalue weighted by Crippen LogP contribution is 2.38. The summed E-state index contributed by atoms with van der Waals surface area (Å²) in [5.41, 5.74) is 5.86. The molecule has 2 N–H and O–H groups in total. The first-order valence-electron chi connectivity index (χ1n) is 11.3. The zero-order chi connectivity index (χ0) is 22.8. The number of rotatable bonds is 7. The van der Waals surface area contributed by atoms with E-state index in [-0.39, 0.29) is 0 Å². The number of ether oxygens (including phenoxy) is 1. The molecule has 170 valence electrons. The Bertz CT molecular complexity index is 1240. The molecule has 0 bridgehead atoms. The number of methoxy groups -OCH3 is 1. The van der Waals surface area contributed by atoms with Crippen LogP contribution in [-0.4, -0.2) is 28.4 Å². The van der Waals surface area contributed by atoms with E-state index in [0.717, 1.165) is 52.6 Å². The predicted molar refractivity (Wildman–Crippen MR) is 137 cm³/mol. The molecule has 2 atom stereocenters. The number of nitrogens with one attached hydrogen (secondary N) is 2. The average molecular weight is 479 g/mol. The fraction of sp³-hybridized carbons (Fsp3) is 0.259. The van der Waals surface area contributed by atoms with Crippen LogP contribution >= 0.6 is 11.6 Å². The summed E-state index contributed by atoms with van der Waals surface area (Å²) in [5, 5.41) is 5.64. The lowest BCUT2D eigenvalue weighted by Crippen LogP contribution is -2.35. The zero-order valence-electron chi connectivity index (χ0n) is 18.6. The van der Waals surface area contributed by atoms with Crippen LogP contribution in [0.2, 0.25) is 5.02 Å². The third-order valence-electron chi connectivity index (χ3n) is 6.40. The molecular weight excluding hydrogens is 452 g/mol. The second kappa shape index (κ2) is 9.82. The van der Waals surface area contributed by atoms with Gasteiger partial charge in [0.1, 0.15) is 11.5 Å². The number of fused-ring (bicyclic) bond motifs is 3. The third-order valence-corrected chi connectivity index (χ3v) is 8.18. The number of hydrogen-bond acceptors (Lipinski definition) is 3. The first kappa shape index (κ1) is 22.4. The average Bonchev–Trinajstić information content (AvgIpc) is 3.25. The van der Waals surface area contributed by atoms with Crippen molar-refractivity contribution in [1.29, 1.82) is 0 Å². The van der Waals surface area contributed by atoms with Gasteiger partial charge in [0.05, 0.1) is 17.6 Å². The maximum atomic E-state index is 12.5. The summed E-state index contributed by atoms with van der Waals surface area (Å²) in [6.07, 6.45) is 2.83. The molecule has 0 aliphatic carbocycles. The van der Waals surface area contributed by atoms with E-state index in [0.29, 0.717) is 11.8 Å². The predicted octanol–water partition coefficient (Wildman–Crippen LogP) is 6.10. The van der Waals surface area contributed by atoms with Gasteiger partial charge in [-0.2, -0.15) is 0 Å². The molecule has 0 spiro atoms. The Morgan fingerprint density at radius 3 is 2.61 bits per heavy atom. The van der Waals surface area contributed by atoms with Crippen LogP contribution in [0.15, 0.2) is 71.6 Å². The van der Waals surface area contributed by atoms with Gasteiger partial charge in [-0.1, -0.05) is 48.0 Å². The number of hydrogen-bond donors (Lipinski definition) is 2. The van der Waals surface area contributed by atoms with Crippen molar-refractivity contribution in [2.75, 3.05) is 12.9 Å². The van der Waals surface area contributed by atoms with Crippen LogP contribution in [0.25, 0.3) is 22.0 Å². The van der Waals surface area contributed by atoms with Gasteiger partial charge in [0.15, 0.2) is 4.90 Å². The summed E-state index contributed by atoms with van der Waals surface area (Å²) in [6.45, 7) is 0.797. The Kier molecular flexibility index (Phi) is 6.65. The topological polar surface area (TPSA) is 60.1 Å². The maximum Gasteiger partial charge on any atom is 0.152 e. The molecule has 3 aromatic carbocycles. The minimum atomic E-state index is -0.937. The fourth-order valence-electron chi connectivity index (χ4n) is 4.69.